The Balaban J connectivity index is 1.85. The zero-order valence-corrected chi connectivity index (χ0v) is 11.9. The van der Waals surface area contributed by atoms with Crippen LogP contribution in [-0.2, 0) is 4.74 Å². The van der Waals surface area contributed by atoms with E-state index in [9.17, 15) is 4.79 Å². The number of hydrogen-bond donors (Lipinski definition) is 1. The molecule has 5 heteroatoms. The molecule has 0 aliphatic rings. The van der Waals surface area contributed by atoms with Gasteiger partial charge in [0, 0.05) is 11.9 Å². The minimum absolute atomic E-state index is 0.435. The lowest BCUT2D eigenvalue weighted by molar-refractivity contribution is 0.160. The smallest absolute Gasteiger partial charge is 0.411 e. The highest BCUT2D eigenvalue weighted by Crippen LogP contribution is 2.22. The maximum absolute atomic E-state index is 11.5. The van der Waals surface area contributed by atoms with Crippen molar-refractivity contribution in [2.24, 2.45) is 0 Å². The molecule has 0 radical (unpaired) electrons. The van der Waals surface area contributed by atoms with E-state index in [1.165, 1.54) is 0 Å². The molecule has 0 saturated heterocycles. The normalized spacial score (nSPS) is 9.95. The molecule has 5 nitrogen and oxygen atoms in total. The lowest BCUT2D eigenvalue weighted by Gasteiger charge is -2.08. The zero-order chi connectivity index (χ0) is 14.9. The van der Waals surface area contributed by atoms with E-state index in [1.807, 2.05) is 13.0 Å². The highest BCUT2D eigenvalue weighted by molar-refractivity contribution is 5.84. The van der Waals surface area contributed by atoms with Gasteiger partial charge in [0.2, 0.25) is 0 Å². The summed E-state index contributed by atoms with van der Waals surface area (Å²) < 4.78 is 10.6. The fourth-order valence-corrected chi connectivity index (χ4v) is 1.61. The van der Waals surface area contributed by atoms with Crippen LogP contribution in [-0.4, -0.2) is 17.7 Å². The maximum atomic E-state index is 11.5. The van der Waals surface area contributed by atoms with Gasteiger partial charge in [0.1, 0.15) is 11.5 Å². The highest BCUT2D eigenvalue weighted by Gasteiger charge is 2.03. The van der Waals surface area contributed by atoms with Crippen molar-refractivity contribution < 1.29 is 14.3 Å². The lowest BCUT2D eigenvalue weighted by Crippen LogP contribution is -2.14. The van der Waals surface area contributed by atoms with Gasteiger partial charge in [-0.25, -0.2) is 4.79 Å². The van der Waals surface area contributed by atoms with E-state index < -0.39 is 6.09 Å². The number of carbonyl (C=O) groups excluding carboxylic acids is 1. The average molecular weight is 286 g/mol. The lowest BCUT2D eigenvalue weighted by atomic mass is 10.3. The summed E-state index contributed by atoms with van der Waals surface area (Å²) in [7, 11) is 0. The summed E-state index contributed by atoms with van der Waals surface area (Å²) in [5.74, 6) is 1.34. The van der Waals surface area contributed by atoms with Crippen molar-refractivity contribution >= 4 is 11.8 Å². The Morgan fingerprint density at radius 1 is 1.19 bits per heavy atom. The van der Waals surface area contributed by atoms with Crippen molar-refractivity contribution in [1.29, 1.82) is 0 Å². The number of ether oxygens (including phenoxy) is 2. The van der Waals surface area contributed by atoms with Gasteiger partial charge in [-0.1, -0.05) is 13.3 Å². The fraction of sp³-hybridized carbons (Fsp3) is 0.250. The first-order valence-electron chi connectivity index (χ1n) is 6.89. The zero-order valence-electron chi connectivity index (χ0n) is 11.9. The third-order valence-corrected chi connectivity index (χ3v) is 2.70. The van der Waals surface area contributed by atoms with Gasteiger partial charge < -0.3 is 9.47 Å². The predicted molar refractivity (Wildman–Crippen MR) is 80.6 cm³/mol. The van der Waals surface area contributed by atoms with E-state index >= 15 is 0 Å². The fourth-order valence-electron chi connectivity index (χ4n) is 1.61. The molecule has 1 amide bonds. The minimum Gasteiger partial charge on any atom is -0.456 e. The van der Waals surface area contributed by atoms with Crippen molar-refractivity contribution in [1.82, 2.24) is 4.98 Å². The Bertz CT molecular complexity index is 555. The number of unbranched alkanes of at least 4 members (excludes halogenated alkanes) is 1. The van der Waals surface area contributed by atoms with Crippen molar-refractivity contribution in [2.75, 3.05) is 11.9 Å². The Morgan fingerprint density at radius 2 is 2.00 bits per heavy atom. The second-order valence-electron chi connectivity index (χ2n) is 4.43. The van der Waals surface area contributed by atoms with E-state index in [4.69, 9.17) is 9.47 Å². The molecule has 1 aromatic heterocycles. The highest BCUT2D eigenvalue weighted by atomic mass is 16.5. The summed E-state index contributed by atoms with van der Waals surface area (Å²) in [6, 6.07) is 10.7. The molecule has 0 atom stereocenters. The molecule has 0 spiro atoms. The first kappa shape index (κ1) is 14.8. The molecule has 0 aliphatic carbocycles. The predicted octanol–water partition coefficient (Wildman–Crippen LogP) is 4.22. The standard InChI is InChI=1S/C16H18N2O3/c1-2-3-11-20-16(19)18-13-6-8-14(9-7-13)21-15-5-4-10-17-12-15/h4-10,12H,2-3,11H2,1H3,(H,18,19). The van der Waals surface area contributed by atoms with Crippen molar-refractivity contribution in [3.05, 3.63) is 48.8 Å². The number of nitrogens with one attached hydrogen (secondary N) is 1. The molecule has 2 rings (SSSR count). The van der Waals surface area contributed by atoms with E-state index in [2.05, 4.69) is 10.3 Å². The third-order valence-electron chi connectivity index (χ3n) is 2.70. The van der Waals surface area contributed by atoms with Crippen LogP contribution < -0.4 is 10.1 Å². The van der Waals surface area contributed by atoms with Crippen LogP contribution in [0.25, 0.3) is 0 Å². The number of hydrogen-bond acceptors (Lipinski definition) is 4. The maximum Gasteiger partial charge on any atom is 0.411 e. The molecule has 2 aromatic rings. The van der Waals surface area contributed by atoms with E-state index in [1.54, 1.807) is 42.7 Å². The average Bonchev–Trinajstić information content (AvgIpc) is 2.51. The summed E-state index contributed by atoms with van der Waals surface area (Å²) in [4.78, 5) is 15.5. The van der Waals surface area contributed by atoms with Crippen LogP contribution in [0, 0.1) is 0 Å². The van der Waals surface area contributed by atoms with Crippen LogP contribution in [0.1, 0.15) is 19.8 Å². The Morgan fingerprint density at radius 3 is 2.67 bits per heavy atom. The molecule has 1 N–H and O–H groups in total. The van der Waals surface area contributed by atoms with Gasteiger partial charge in [-0.05, 0) is 42.8 Å². The topological polar surface area (TPSA) is 60.5 Å². The first-order chi connectivity index (χ1) is 10.3. The minimum atomic E-state index is -0.440. The number of nitrogens with zero attached hydrogens (tertiary/aromatic N) is 1. The first-order valence-corrected chi connectivity index (χ1v) is 6.89. The Labute approximate surface area is 123 Å². The molecule has 21 heavy (non-hydrogen) atoms. The van der Waals surface area contributed by atoms with Gasteiger partial charge in [-0.2, -0.15) is 0 Å². The SMILES string of the molecule is CCCCOC(=O)Nc1ccc(Oc2cccnc2)cc1. The van der Waals surface area contributed by atoms with Gasteiger partial charge in [-0.15, -0.1) is 0 Å². The summed E-state index contributed by atoms with van der Waals surface area (Å²) in [5.41, 5.74) is 0.662. The molecule has 0 saturated carbocycles. The summed E-state index contributed by atoms with van der Waals surface area (Å²) in [5, 5.41) is 2.66. The van der Waals surface area contributed by atoms with Crippen LogP contribution >= 0.6 is 0 Å². The van der Waals surface area contributed by atoms with Gasteiger partial charge in [0.15, 0.2) is 0 Å². The number of aromatic nitrogens is 1. The van der Waals surface area contributed by atoms with Crippen LogP contribution in [0.3, 0.4) is 0 Å². The molecule has 110 valence electrons. The number of carbonyl (C=O) groups is 1. The monoisotopic (exact) mass is 286 g/mol. The molecular weight excluding hydrogens is 268 g/mol. The molecule has 1 aromatic carbocycles. The van der Waals surface area contributed by atoms with Crippen molar-refractivity contribution in [2.45, 2.75) is 19.8 Å². The Kier molecular flexibility index (Phi) is 5.58. The summed E-state index contributed by atoms with van der Waals surface area (Å²) in [6.45, 7) is 2.48. The molecule has 0 unspecified atom stereocenters. The number of amides is 1. The van der Waals surface area contributed by atoms with Crippen molar-refractivity contribution in [3.63, 3.8) is 0 Å². The second-order valence-corrected chi connectivity index (χ2v) is 4.43. The van der Waals surface area contributed by atoms with Gasteiger partial charge in [-0.3, -0.25) is 10.3 Å². The largest absolute Gasteiger partial charge is 0.456 e. The van der Waals surface area contributed by atoms with E-state index in [0.29, 0.717) is 23.8 Å². The van der Waals surface area contributed by atoms with Crippen molar-refractivity contribution in [3.8, 4) is 11.5 Å². The van der Waals surface area contributed by atoms with Crippen LogP contribution in [0.15, 0.2) is 48.8 Å². The molecular formula is C16H18N2O3. The van der Waals surface area contributed by atoms with E-state index in [0.717, 1.165) is 12.8 Å². The number of anilines is 1. The Hall–Kier alpha value is -2.56. The van der Waals surface area contributed by atoms with Gasteiger partial charge in [0.05, 0.1) is 12.8 Å². The molecule has 0 aliphatic heterocycles. The third kappa shape index (κ3) is 5.14. The van der Waals surface area contributed by atoms with Gasteiger partial charge in [0.25, 0.3) is 0 Å². The van der Waals surface area contributed by atoms with Gasteiger partial charge >= 0.3 is 6.09 Å². The van der Waals surface area contributed by atoms with Crippen LogP contribution in [0.5, 0.6) is 11.5 Å². The molecule has 0 bridgehead atoms. The van der Waals surface area contributed by atoms with Crippen LogP contribution in [0.2, 0.25) is 0 Å². The number of benzene rings is 1. The quantitative estimate of drug-likeness (QED) is 0.807. The van der Waals surface area contributed by atoms with Crippen LogP contribution in [0.4, 0.5) is 10.5 Å². The van der Waals surface area contributed by atoms with E-state index in [-0.39, 0.29) is 0 Å². The number of rotatable bonds is 6. The number of pyridine rings is 1. The summed E-state index contributed by atoms with van der Waals surface area (Å²) in [6.07, 6.45) is 4.74. The summed E-state index contributed by atoms with van der Waals surface area (Å²) >= 11 is 0. The second kappa shape index (κ2) is 7.89. The molecule has 0 fully saturated rings. The molecule has 1 heterocycles.